The van der Waals surface area contributed by atoms with Gasteiger partial charge in [0.2, 0.25) is 0 Å². The zero-order chi connectivity index (χ0) is 32.8. The van der Waals surface area contributed by atoms with Crippen LogP contribution in [0.1, 0.15) is 45.1 Å². The molecule has 1 aliphatic rings. The third-order valence-electron chi connectivity index (χ3n) is 8.23. The molecule has 0 spiro atoms. The van der Waals surface area contributed by atoms with Gasteiger partial charge in [-0.1, -0.05) is 19.6 Å². The molecule has 9 heteroatoms. The van der Waals surface area contributed by atoms with Crippen LogP contribution in [0.5, 0.6) is 5.75 Å². The number of hydrogen-bond donors (Lipinski definition) is 1. The summed E-state index contributed by atoms with van der Waals surface area (Å²) in [5, 5.41) is 12.2. The maximum absolute atomic E-state index is 12.2. The molecule has 44 heavy (non-hydrogen) atoms. The summed E-state index contributed by atoms with van der Waals surface area (Å²) in [6.07, 6.45) is 6.12. The number of benzene rings is 1. The second-order valence-corrected chi connectivity index (χ2v) is 38.1. The summed E-state index contributed by atoms with van der Waals surface area (Å²) in [6, 6.07) is 9.19. The first kappa shape index (κ1) is 40.2. The fourth-order valence-electron chi connectivity index (χ4n) is 5.23. The average molecular weight is 774 g/mol. The van der Waals surface area contributed by atoms with Gasteiger partial charge in [0, 0.05) is 14.7 Å². The van der Waals surface area contributed by atoms with Gasteiger partial charge >= 0.3 is 233 Å². The van der Waals surface area contributed by atoms with Crippen LogP contribution in [0.15, 0.2) is 46.1 Å². The average Bonchev–Trinajstić information content (AvgIpc) is 2.96. The SMILES string of the molecule is C=[C]([C@@H](COCc1ccc(OC)cc1)[C@H](O)C1(C[C@@H](C)CC/C=C(\C)COCOCC[Si](C)(C)C)SCCCS1)[Sn]([CH3])([CH3])[CH3]. The molecule has 0 saturated carbocycles. The molecule has 5 nitrogen and oxygen atoms in total. The molecule has 2 rings (SSSR count). The molecular weight excluding hydrogens is 711 g/mol. The summed E-state index contributed by atoms with van der Waals surface area (Å²) in [4.78, 5) is 7.19. The van der Waals surface area contributed by atoms with Crippen molar-refractivity contribution in [3.63, 3.8) is 0 Å². The molecule has 1 aromatic rings. The van der Waals surface area contributed by atoms with Crippen molar-refractivity contribution in [1.29, 1.82) is 0 Å². The Morgan fingerprint density at radius 2 is 1.75 bits per heavy atom. The van der Waals surface area contributed by atoms with E-state index in [1.54, 1.807) is 7.11 Å². The molecule has 1 heterocycles. The van der Waals surface area contributed by atoms with Gasteiger partial charge in [0.05, 0.1) is 0 Å². The molecular formula is C35H62O5S2SiSn. The van der Waals surface area contributed by atoms with Crippen molar-refractivity contribution < 1.29 is 24.1 Å². The fourth-order valence-corrected chi connectivity index (χ4v) is 13.6. The van der Waals surface area contributed by atoms with Crippen molar-refractivity contribution in [2.75, 3.05) is 45.2 Å². The van der Waals surface area contributed by atoms with E-state index in [4.69, 9.17) is 18.9 Å². The minimum atomic E-state index is -2.54. The third-order valence-corrected chi connectivity index (χ3v) is 20.0. The Hall–Kier alpha value is 0.0556. The van der Waals surface area contributed by atoms with E-state index < -0.39 is 32.6 Å². The number of thioether (sulfide) groups is 2. The van der Waals surface area contributed by atoms with Gasteiger partial charge in [-0.25, -0.2) is 0 Å². The Morgan fingerprint density at radius 3 is 2.34 bits per heavy atom. The van der Waals surface area contributed by atoms with Crippen LogP contribution in [0.4, 0.5) is 0 Å². The van der Waals surface area contributed by atoms with Gasteiger partial charge in [-0.05, 0) is 6.04 Å². The maximum atomic E-state index is 12.2. The standard InChI is InChI=1S/C32H53O5S2Si.3CH3.Sn/c1-8-29(24-36-23-28-13-15-30(34-4)16-14-28)31(33)32(38-18-10-19-39-32)21-26(2)11-9-12-27(3)22-37-25-35-17-20-40(5,6)7;;;;/h12-16,26,29,31,33H,1,9-11,17-25H2,2-7H3;3*1H3;/b27-12+;;;;/t26-,29-,31-;;;;/m0..../s1. The zero-order valence-corrected chi connectivity index (χ0v) is 34.7. The quantitative estimate of drug-likeness (QED) is 0.0579. The van der Waals surface area contributed by atoms with Crippen molar-refractivity contribution >= 4 is 50.0 Å². The molecule has 1 saturated heterocycles. The summed E-state index contributed by atoms with van der Waals surface area (Å²) >= 11 is 1.41. The van der Waals surface area contributed by atoms with Crippen molar-refractivity contribution in [2.24, 2.45) is 11.8 Å². The van der Waals surface area contributed by atoms with Gasteiger partial charge in [-0.3, -0.25) is 0 Å². The molecule has 0 amide bonds. The minimum absolute atomic E-state index is 0.0541. The van der Waals surface area contributed by atoms with E-state index >= 15 is 0 Å². The van der Waals surface area contributed by atoms with Crippen LogP contribution in [0, 0.1) is 11.8 Å². The van der Waals surface area contributed by atoms with Crippen LogP contribution in [0.3, 0.4) is 0 Å². The summed E-state index contributed by atoms with van der Waals surface area (Å²) in [6.45, 7) is 19.0. The molecule has 1 N–H and O–H groups in total. The molecule has 1 aromatic carbocycles. The summed E-state index contributed by atoms with van der Waals surface area (Å²) in [5.41, 5.74) is 2.36. The molecule has 1 aliphatic heterocycles. The molecule has 0 aromatic heterocycles. The van der Waals surface area contributed by atoms with Crippen LogP contribution in [-0.2, 0) is 20.8 Å². The molecule has 1 fully saturated rings. The van der Waals surface area contributed by atoms with Crippen LogP contribution in [0.2, 0.25) is 40.5 Å². The Labute approximate surface area is 283 Å². The number of aliphatic hydroxyl groups excluding tert-OH is 1. The van der Waals surface area contributed by atoms with Gasteiger partial charge in [0.25, 0.3) is 0 Å². The molecule has 0 bridgehead atoms. The number of aliphatic hydroxyl groups is 1. The van der Waals surface area contributed by atoms with E-state index in [9.17, 15) is 5.11 Å². The van der Waals surface area contributed by atoms with Gasteiger partial charge in [0.1, 0.15) is 6.79 Å². The van der Waals surface area contributed by atoms with E-state index in [1.807, 2.05) is 47.8 Å². The van der Waals surface area contributed by atoms with Crippen LogP contribution < -0.4 is 4.74 Å². The number of allylic oxidation sites excluding steroid dienone is 1. The Kier molecular flexibility index (Phi) is 18.1. The second-order valence-electron chi connectivity index (χ2n) is 14.7. The predicted octanol–water partition coefficient (Wildman–Crippen LogP) is 9.27. The topological polar surface area (TPSA) is 57.2 Å². The van der Waals surface area contributed by atoms with E-state index in [0.717, 1.165) is 48.7 Å². The summed E-state index contributed by atoms with van der Waals surface area (Å²) < 4.78 is 24.1. The van der Waals surface area contributed by atoms with E-state index in [2.05, 4.69) is 61.0 Å². The molecule has 252 valence electrons. The normalized spacial score (nSPS) is 18.1. The Morgan fingerprint density at radius 1 is 1.09 bits per heavy atom. The first-order chi connectivity index (χ1) is 20.7. The van der Waals surface area contributed by atoms with Gasteiger partial charge < -0.3 is 4.74 Å². The zero-order valence-electron chi connectivity index (χ0n) is 29.2. The van der Waals surface area contributed by atoms with Crippen LogP contribution in [-0.4, -0.2) is 87.0 Å². The first-order valence-corrected chi connectivity index (χ1v) is 32.0. The predicted molar refractivity (Wildman–Crippen MR) is 199 cm³/mol. The molecule has 0 unspecified atom stereocenters. The number of rotatable bonds is 21. The van der Waals surface area contributed by atoms with Crippen molar-refractivity contribution in [3.8, 4) is 5.75 Å². The number of methoxy groups -OCH3 is 1. The van der Waals surface area contributed by atoms with Gasteiger partial charge in [-0.2, -0.15) is 0 Å². The third kappa shape index (κ3) is 14.9. The van der Waals surface area contributed by atoms with E-state index in [0.29, 0.717) is 32.5 Å². The monoisotopic (exact) mass is 774 g/mol. The molecule has 0 aliphatic carbocycles. The Balaban J connectivity index is 1.99. The van der Waals surface area contributed by atoms with Gasteiger partial charge in [0.15, 0.2) is 0 Å². The van der Waals surface area contributed by atoms with Crippen molar-refractivity contribution in [1.82, 2.24) is 0 Å². The summed E-state index contributed by atoms with van der Waals surface area (Å²) in [5.74, 6) is 3.47. The van der Waals surface area contributed by atoms with E-state index in [-0.39, 0.29) is 10.00 Å². The number of hydrogen-bond acceptors (Lipinski definition) is 7. The van der Waals surface area contributed by atoms with Crippen molar-refractivity contribution in [2.45, 2.75) is 96.8 Å². The fraction of sp³-hybridized carbons (Fsp3) is 0.714. The van der Waals surface area contributed by atoms with E-state index in [1.165, 1.54) is 21.6 Å². The van der Waals surface area contributed by atoms with Crippen LogP contribution >= 0.6 is 23.5 Å². The van der Waals surface area contributed by atoms with Crippen molar-refractivity contribution in [3.05, 3.63) is 51.6 Å². The molecule has 3 atom stereocenters. The summed E-state index contributed by atoms with van der Waals surface area (Å²) in [7, 11) is 0.620. The van der Waals surface area contributed by atoms with Crippen LogP contribution in [0.25, 0.3) is 0 Å². The molecule has 0 radical (unpaired) electrons. The number of ether oxygens (including phenoxy) is 4. The van der Waals surface area contributed by atoms with Gasteiger partial charge in [-0.15, -0.1) is 0 Å². The first-order valence-electron chi connectivity index (χ1n) is 16.3. The second kappa shape index (κ2) is 19.8. The Bertz CT molecular complexity index is 1000.